The number of aryl methyl sites for hydroxylation is 2. The minimum atomic E-state index is -1.09. The minimum Gasteiger partial charge on any atom is -0.509 e. The summed E-state index contributed by atoms with van der Waals surface area (Å²) in [5.74, 6) is -0.605. The van der Waals surface area contributed by atoms with Gasteiger partial charge in [-0.3, -0.25) is 4.79 Å². The zero-order valence-electron chi connectivity index (χ0n) is 14.1. The molecule has 0 atom stereocenters. The fourth-order valence-corrected chi connectivity index (χ4v) is 3.78. The SMILES string of the molecule is Cc1cc(C2=C(O)C3(CCN(O)CC3)N(OCO)C2=O)c(C)cc1Cl. The lowest BCUT2D eigenvalue weighted by molar-refractivity contribution is -0.253. The lowest BCUT2D eigenvalue weighted by Gasteiger charge is -2.41. The van der Waals surface area contributed by atoms with Crippen LogP contribution in [0.5, 0.6) is 0 Å². The third-order valence-electron chi connectivity index (χ3n) is 4.99. The Kier molecular flexibility index (Phi) is 4.78. The van der Waals surface area contributed by atoms with Gasteiger partial charge in [0.2, 0.25) is 0 Å². The smallest absolute Gasteiger partial charge is 0.282 e. The van der Waals surface area contributed by atoms with Crippen LogP contribution in [-0.2, 0) is 9.63 Å². The lowest BCUT2D eigenvalue weighted by Crippen LogP contribution is -2.54. The Labute approximate surface area is 150 Å². The summed E-state index contributed by atoms with van der Waals surface area (Å²) < 4.78 is 0. The summed E-state index contributed by atoms with van der Waals surface area (Å²) in [6.07, 6.45) is 0.576. The molecule has 1 amide bonds. The second-order valence-electron chi connectivity index (χ2n) is 6.48. The zero-order chi connectivity index (χ0) is 18.4. The van der Waals surface area contributed by atoms with E-state index < -0.39 is 18.2 Å². The Morgan fingerprint density at radius 2 is 1.88 bits per heavy atom. The maximum atomic E-state index is 13.0. The fraction of sp³-hybridized carbons (Fsp3) is 0.471. The van der Waals surface area contributed by atoms with Crippen LogP contribution in [-0.4, -0.2) is 56.9 Å². The largest absolute Gasteiger partial charge is 0.509 e. The standard InChI is InChI=1S/C17H21ClN2O5/c1-10-8-13(18)11(2)7-12(10)14-15(22)17(3-5-19(24)6-4-17)20(16(14)23)25-9-21/h7-8,21-22,24H,3-6,9H2,1-2H3. The molecule has 3 N–H and O–H groups in total. The topological polar surface area (TPSA) is 93.5 Å². The number of hydrogen-bond acceptors (Lipinski definition) is 6. The third kappa shape index (κ3) is 2.82. The molecule has 2 heterocycles. The van der Waals surface area contributed by atoms with E-state index in [0.29, 0.717) is 10.6 Å². The van der Waals surface area contributed by atoms with Crippen molar-refractivity contribution in [3.63, 3.8) is 0 Å². The van der Waals surface area contributed by atoms with Gasteiger partial charge in [-0.05, 0) is 55.5 Å². The van der Waals surface area contributed by atoms with Crippen LogP contribution in [0.25, 0.3) is 5.57 Å². The highest BCUT2D eigenvalue weighted by Gasteiger charge is 2.55. The average Bonchev–Trinajstić information content (AvgIpc) is 2.76. The number of nitrogens with zero attached hydrogens (tertiary/aromatic N) is 2. The molecule has 1 spiro atoms. The quantitative estimate of drug-likeness (QED) is 0.708. The molecule has 1 fully saturated rings. The van der Waals surface area contributed by atoms with Crippen LogP contribution in [0, 0.1) is 13.8 Å². The maximum Gasteiger partial charge on any atom is 0.282 e. The van der Waals surface area contributed by atoms with E-state index in [9.17, 15) is 20.2 Å². The number of hydroxylamine groups is 4. The van der Waals surface area contributed by atoms with Gasteiger partial charge in [-0.25, -0.2) is 9.90 Å². The molecule has 1 aromatic rings. The zero-order valence-corrected chi connectivity index (χ0v) is 14.9. The first-order valence-electron chi connectivity index (χ1n) is 8.05. The minimum absolute atomic E-state index is 0.0936. The van der Waals surface area contributed by atoms with Crippen molar-refractivity contribution in [3.8, 4) is 0 Å². The van der Waals surface area contributed by atoms with Crippen LogP contribution in [0.1, 0.15) is 29.5 Å². The van der Waals surface area contributed by atoms with Gasteiger partial charge in [0.05, 0.1) is 5.57 Å². The fourth-order valence-electron chi connectivity index (χ4n) is 3.56. The van der Waals surface area contributed by atoms with Crippen molar-refractivity contribution in [2.24, 2.45) is 0 Å². The molecule has 0 aliphatic carbocycles. The van der Waals surface area contributed by atoms with Crippen LogP contribution < -0.4 is 0 Å². The Bertz CT molecular complexity index is 741. The van der Waals surface area contributed by atoms with Gasteiger partial charge >= 0.3 is 0 Å². The van der Waals surface area contributed by atoms with Crippen molar-refractivity contribution in [2.45, 2.75) is 32.2 Å². The Morgan fingerprint density at radius 1 is 1.24 bits per heavy atom. The van der Waals surface area contributed by atoms with E-state index in [1.807, 2.05) is 13.8 Å². The molecule has 136 valence electrons. The second kappa shape index (κ2) is 6.59. The highest BCUT2D eigenvalue weighted by atomic mass is 35.5. The van der Waals surface area contributed by atoms with Gasteiger partial charge in [0.25, 0.3) is 5.91 Å². The van der Waals surface area contributed by atoms with Gasteiger partial charge in [-0.15, -0.1) is 0 Å². The first-order valence-corrected chi connectivity index (χ1v) is 8.42. The molecule has 0 aromatic heterocycles. The van der Waals surface area contributed by atoms with Crippen molar-refractivity contribution in [2.75, 3.05) is 19.9 Å². The maximum absolute atomic E-state index is 13.0. The summed E-state index contributed by atoms with van der Waals surface area (Å²) in [6.45, 7) is 3.50. The number of piperidine rings is 1. The van der Waals surface area contributed by atoms with E-state index in [-0.39, 0.29) is 37.3 Å². The van der Waals surface area contributed by atoms with E-state index in [2.05, 4.69) is 0 Å². The van der Waals surface area contributed by atoms with Crippen LogP contribution in [0.15, 0.2) is 17.9 Å². The number of benzene rings is 1. The molecule has 0 bridgehead atoms. The molecule has 2 aliphatic rings. The first-order chi connectivity index (χ1) is 11.8. The molecule has 1 saturated heterocycles. The van der Waals surface area contributed by atoms with Crippen LogP contribution in [0.2, 0.25) is 5.02 Å². The number of carbonyl (C=O) groups excluding carboxylic acids is 1. The molecule has 0 saturated carbocycles. The van der Waals surface area contributed by atoms with Crippen molar-refractivity contribution in [1.29, 1.82) is 0 Å². The van der Waals surface area contributed by atoms with E-state index in [1.54, 1.807) is 12.1 Å². The average molecular weight is 369 g/mol. The Morgan fingerprint density at radius 3 is 2.48 bits per heavy atom. The molecule has 2 aliphatic heterocycles. The summed E-state index contributed by atoms with van der Waals surface area (Å²) in [5, 5.41) is 32.6. The summed E-state index contributed by atoms with van der Waals surface area (Å²) in [7, 11) is 0. The summed E-state index contributed by atoms with van der Waals surface area (Å²) >= 11 is 6.14. The van der Waals surface area contributed by atoms with Crippen LogP contribution >= 0.6 is 11.6 Å². The molecular weight excluding hydrogens is 348 g/mol. The summed E-state index contributed by atoms with van der Waals surface area (Å²) in [5.41, 5.74) is 1.19. The van der Waals surface area contributed by atoms with E-state index in [4.69, 9.17) is 16.4 Å². The number of aliphatic hydroxyl groups is 2. The molecule has 8 heteroatoms. The normalized spacial score (nSPS) is 20.8. The van der Waals surface area contributed by atoms with E-state index in [0.717, 1.165) is 21.3 Å². The van der Waals surface area contributed by atoms with Gasteiger partial charge in [0.15, 0.2) is 6.79 Å². The number of hydrogen-bond donors (Lipinski definition) is 3. The van der Waals surface area contributed by atoms with Gasteiger partial charge in [-0.1, -0.05) is 11.6 Å². The Balaban J connectivity index is 2.14. The third-order valence-corrected chi connectivity index (χ3v) is 5.40. The molecule has 0 unspecified atom stereocenters. The predicted octanol–water partition coefficient (Wildman–Crippen LogP) is 2.17. The van der Waals surface area contributed by atoms with E-state index >= 15 is 0 Å². The Hall–Kier alpha value is -1.64. The lowest BCUT2D eigenvalue weighted by atomic mass is 9.85. The second-order valence-corrected chi connectivity index (χ2v) is 6.89. The first kappa shape index (κ1) is 18.2. The van der Waals surface area contributed by atoms with Crippen molar-refractivity contribution < 1.29 is 25.1 Å². The van der Waals surface area contributed by atoms with Gasteiger partial charge in [0.1, 0.15) is 11.3 Å². The number of amides is 1. The van der Waals surface area contributed by atoms with Gasteiger partial charge in [0, 0.05) is 18.1 Å². The highest BCUT2D eigenvalue weighted by Crippen LogP contribution is 2.46. The van der Waals surface area contributed by atoms with Gasteiger partial charge < -0.3 is 15.4 Å². The number of halogens is 1. The molecule has 25 heavy (non-hydrogen) atoms. The van der Waals surface area contributed by atoms with Crippen LogP contribution in [0.4, 0.5) is 0 Å². The van der Waals surface area contributed by atoms with Crippen LogP contribution in [0.3, 0.4) is 0 Å². The number of carbonyl (C=O) groups is 1. The molecular formula is C17H21ClN2O5. The van der Waals surface area contributed by atoms with Crippen molar-refractivity contribution >= 4 is 23.1 Å². The van der Waals surface area contributed by atoms with E-state index in [1.165, 1.54) is 0 Å². The molecule has 3 rings (SSSR count). The van der Waals surface area contributed by atoms with Crippen molar-refractivity contribution in [3.05, 3.63) is 39.6 Å². The van der Waals surface area contributed by atoms with Gasteiger partial charge in [-0.2, -0.15) is 5.06 Å². The molecule has 0 radical (unpaired) electrons. The number of rotatable bonds is 3. The van der Waals surface area contributed by atoms with Crippen molar-refractivity contribution in [1.82, 2.24) is 10.1 Å². The monoisotopic (exact) mass is 368 g/mol. The molecule has 7 nitrogen and oxygen atoms in total. The molecule has 1 aromatic carbocycles. The summed E-state index contributed by atoms with van der Waals surface area (Å²) in [4.78, 5) is 18.1. The number of aliphatic hydroxyl groups excluding tert-OH is 2. The summed E-state index contributed by atoms with van der Waals surface area (Å²) in [6, 6.07) is 3.51. The predicted molar refractivity (Wildman–Crippen MR) is 90.8 cm³/mol. The highest BCUT2D eigenvalue weighted by molar-refractivity contribution is 6.31.